The maximum absolute atomic E-state index is 13.7. The number of primary amides is 1. The first-order chi connectivity index (χ1) is 23.1. The smallest absolute Gasteiger partial charge is 0.271 e. The number of amides is 7. The molecule has 4 atom stereocenters. The number of nitrogens with zero attached hydrogens (tertiary/aromatic N) is 2. The molecule has 4 unspecified atom stereocenters. The molecule has 8 N–H and O–H groups in total. The lowest BCUT2D eigenvalue weighted by molar-refractivity contribution is -0.133. The molecule has 0 bridgehead atoms. The lowest BCUT2D eigenvalue weighted by atomic mass is 10.1. The third kappa shape index (κ3) is 11.3. The van der Waals surface area contributed by atoms with Gasteiger partial charge in [-0.2, -0.15) is 0 Å². The van der Waals surface area contributed by atoms with Crippen LogP contribution in [-0.4, -0.2) is 88.6 Å². The summed E-state index contributed by atoms with van der Waals surface area (Å²) >= 11 is 0. The summed E-state index contributed by atoms with van der Waals surface area (Å²) in [5.74, 6) is -4.20. The van der Waals surface area contributed by atoms with Gasteiger partial charge in [-0.05, 0) is 43.7 Å². The third-order valence-corrected chi connectivity index (χ3v) is 7.68. The Morgan fingerprint density at radius 2 is 1.62 bits per heavy atom. The zero-order valence-electron chi connectivity index (χ0n) is 26.1. The zero-order chi connectivity index (χ0) is 34.5. The molecule has 0 spiro atoms. The van der Waals surface area contributed by atoms with Gasteiger partial charge in [0, 0.05) is 44.1 Å². The van der Waals surface area contributed by atoms with E-state index in [9.17, 15) is 33.6 Å². The molecule has 1 saturated carbocycles. The van der Waals surface area contributed by atoms with E-state index in [1.54, 1.807) is 12.1 Å². The van der Waals surface area contributed by atoms with Crippen molar-refractivity contribution in [3.8, 4) is 0 Å². The molecular formula is C31H39N9O8. The highest BCUT2D eigenvalue weighted by Gasteiger charge is 2.34. The monoisotopic (exact) mass is 665 g/mol. The molecule has 7 amide bonds. The van der Waals surface area contributed by atoms with Gasteiger partial charge in [-0.3, -0.25) is 38.5 Å². The maximum atomic E-state index is 13.7. The van der Waals surface area contributed by atoms with E-state index in [4.69, 9.17) is 10.2 Å². The lowest BCUT2D eigenvalue weighted by Gasteiger charge is -2.25. The molecule has 0 radical (unpaired) electrons. The second kappa shape index (κ2) is 17.3. The number of carbonyl (C=O) groups excluding carboxylic acids is 7. The normalized spacial score (nSPS) is 23.0. The summed E-state index contributed by atoms with van der Waals surface area (Å²) in [5.41, 5.74) is 5.55. The van der Waals surface area contributed by atoms with Crippen LogP contribution in [0.25, 0.3) is 0 Å². The second-order valence-corrected chi connectivity index (χ2v) is 11.5. The number of furan rings is 1. The van der Waals surface area contributed by atoms with Crippen LogP contribution in [0.15, 0.2) is 53.6 Å². The Kier molecular flexibility index (Phi) is 12.7. The van der Waals surface area contributed by atoms with E-state index in [1.165, 1.54) is 24.9 Å². The number of carbonyl (C=O) groups is 7. The average molecular weight is 666 g/mol. The van der Waals surface area contributed by atoms with Crippen molar-refractivity contribution in [1.82, 2.24) is 41.9 Å². The standard InChI is InChI=1S/C31H39N9O8/c32-27(43)20-9-11-36-28(44)21(4-1-10-35-29(45)24-17-33-12-13-34-24)39-31(47)23(16-19-3-2-14-48-19)40-30(46)22(15-18-5-6-18)38-26(42)8-7-25(41)37-20/h2-3,7-8,12-14,17-18,20-23H,1,4-6,9-11,15-16H2,(H2,32,43)(H,35,45)(H,36,44)(H,37,41)(H,38,42)(H,39,47)(H,40,46). The quantitative estimate of drug-likeness (QED) is 0.139. The molecule has 2 aromatic rings. The third-order valence-electron chi connectivity index (χ3n) is 7.68. The fourth-order valence-electron chi connectivity index (χ4n) is 4.93. The van der Waals surface area contributed by atoms with Crippen LogP contribution in [0.4, 0.5) is 0 Å². The summed E-state index contributed by atoms with van der Waals surface area (Å²) in [5, 5.41) is 15.7. The van der Waals surface area contributed by atoms with Gasteiger partial charge in [0.1, 0.15) is 35.6 Å². The van der Waals surface area contributed by atoms with Crippen molar-refractivity contribution in [2.75, 3.05) is 13.1 Å². The van der Waals surface area contributed by atoms with Crippen LogP contribution in [0.3, 0.4) is 0 Å². The van der Waals surface area contributed by atoms with Gasteiger partial charge in [0.25, 0.3) is 5.91 Å². The minimum atomic E-state index is -1.20. The molecule has 3 heterocycles. The molecule has 2 aromatic heterocycles. The minimum Gasteiger partial charge on any atom is -0.469 e. The first-order valence-corrected chi connectivity index (χ1v) is 15.6. The predicted molar refractivity (Wildman–Crippen MR) is 167 cm³/mol. The summed E-state index contributed by atoms with van der Waals surface area (Å²) in [7, 11) is 0. The Labute approximate surface area is 275 Å². The molecule has 17 nitrogen and oxygen atoms in total. The van der Waals surface area contributed by atoms with E-state index >= 15 is 0 Å². The first kappa shape index (κ1) is 35.2. The molecule has 0 aromatic carbocycles. The van der Waals surface area contributed by atoms with Crippen molar-refractivity contribution in [1.29, 1.82) is 0 Å². The average Bonchev–Trinajstić information content (AvgIpc) is 3.74. The van der Waals surface area contributed by atoms with Gasteiger partial charge in [-0.1, -0.05) is 12.8 Å². The summed E-state index contributed by atoms with van der Waals surface area (Å²) < 4.78 is 5.41. The number of nitrogens with two attached hydrogens (primary N) is 1. The van der Waals surface area contributed by atoms with E-state index in [-0.39, 0.29) is 50.4 Å². The highest BCUT2D eigenvalue weighted by Crippen LogP contribution is 2.33. The van der Waals surface area contributed by atoms with Crippen molar-refractivity contribution in [2.45, 2.75) is 69.1 Å². The zero-order valence-corrected chi connectivity index (χ0v) is 26.1. The van der Waals surface area contributed by atoms with E-state index in [0.717, 1.165) is 25.0 Å². The molecule has 1 aliphatic carbocycles. The molecule has 48 heavy (non-hydrogen) atoms. The minimum absolute atomic E-state index is 0.0580. The topological polar surface area (TPSA) is 257 Å². The van der Waals surface area contributed by atoms with Gasteiger partial charge in [-0.15, -0.1) is 0 Å². The molecule has 1 aliphatic heterocycles. The molecule has 0 saturated heterocycles. The number of hydrogen-bond donors (Lipinski definition) is 7. The van der Waals surface area contributed by atoms with Crippen LogP contribution in [0.5, 0.6) is 0 Å². The van der Waals surface area contributed by atoms with Crippen LogP contribution in [0.1, 0.15) is 54.8 Å². The Bertz CT molecular complexity index is 1490. The SMILES string of the molecule is NC(=O)C1CCNC(=O)C(CCCNC(=O)c2cnccn2)NC(=O)C(Cc2ccco2)NC(=O)C(CC2CC2)NC(=O)C=CC(=O)N1. The molecule has 4 rings (SSSR count). The predicted octanol–water partition coefficient (Wildman–Crippen LogP) is -1.88. The van der Waals surface area contributed by atoms with Crippen LogP contribution >= 0.6 is 0 Å². The van der Waals surface area contributed by atoms with Crippen molar-refractivity contribution in [3.05, 3.63) is 60.6 Å². The van der Waals surface area contributed by atoms with E-state index in [1.807, 2.05) is 0 Å². The Morgan fingerprint density at radius 3 is 2.29 bits per heavy atom. The highest BCUT2D eigenvalue weighted by atomic mass is 16.3. The van der Waals surface area contributed by atoms with Gasteiger partial charge >= 0.3 is 0 Å². The van der Waals surface area contributed by atoms with Crippen molar-refractivity contribution in [2.24, 2.45) is 11.7 Å². The molecule has 2 aliphatic rings. The van der Waals surface area contributed by atoms with Gasteiger partial charge in [0.05, 0.1) is 12.5 Å². The fourth-order valence-corrected chi connectivity index (χ4v) is 4.93. The summed E-state index contributed by atoms with van der Waals surface area (Å²) in [6.07, 6.45) is 9.60. The van der Waals surface area contributed by atoms with E-state index in [0.29, 0.717) is 12.2 Å². The summed E-state index contributed by atoms with van der Waals surface area (Å²) in [6.45, 7) is 0.0234. The second-order valence-electron chi connectivity index (χ2n) is 11.5. The Balaban J connectivity index is 1.54. The van der Waals surface area contributed by atoms with Crippen LogP contribution < -0.4 is 37.6 Å². The van der Waals surface area contributed by atoms with Crippen LogP contribution in [0, 0.1) is 5.92 Å². The molecule has 17 heteroatoms. The van der Waals surface area contributed by atoms with Crippen LogP contribution in [-0.2, 0) is 35.2 Å². The Hall–Kier alpha value is -5.61. The van der Waals surface area contributed by atoms with E-state index < -0.39 is 65.5 Å². The van der Waals surface area contributed by atoms with E-state index in [2.05, 4.69) is 41.9 Å². The molecule has 1 fully saturated rings. The number of nitrogens with one attached hydrogen (secondary N) is 6. The first-order valence-electron chi connectivity index (χ1n) is 15.6. The summed E-state index contributed by atoms with van der Waals surface area (Å²) in [4.78, 5) is 97.9. The molecule has 256 valence electrons. The highest BCUT2D eigenvalue weighted by molar-refractivity contribution is 6.00. The van der Waals surface area contributed by atoms with Crippen molar-refractivity contribution < 1.29 is 38.0 Å². The van der Waals surface area contributed by atoms with Gasteiger partial charge in [-0.25, -0.2) is 4.98 Å². The van der Waals surface area contributed by atoms with Gasteiger partial charge < -0.3 is 42.1 Å². The maximum Gasteiger partial charge on any atom is 0.271 e. The number of hydrogen-bond acceptors (Lipinski definition) is 10. The number of aromatic nitrogens is 2. The lowest BCUT2D eigenvalue weighted by Crippen LogP contribution is -2.57. The molecular weight excluding hydrogens is 626 g/mol. The van der Waals surface area contributed by atoms with Gasteiger partial charge in [0.2, 0.25) is 35.4 Å². The van der Waals surface area contributed by atoms with Gasteiger partial charge in [0.15, 0.2) is 0 Å². The van der Waals surface area contributed by atoms with Crippen molar-refractivity contribution in [3.63, 3.8) is 0 Å². The van der Waals surface area contributed by atoms with Crippen LogP contribution in [0.2, 0.25) is 0 Å². The Morgan fingerprint density at radius 1 is 0.896 bits per heavy atom. The fraction of sp³-hybridized carbons (Fsp3) is 0.452. The van der Waals surface area contributed by atoms with Crippen molar-refractivity contribution >= 4 is 41.4 Å². The largest absolute Gasteiger partial charge is 0.469 e. The number of rotatable bonds is 10. The summed E-state index contributed by atoms with van der Waals surface area (Å²) in [6, 6.07) is -1.29.